The van der Waals surface area contributed by atoms with Crippen molar-refractivity contribution in [2.45, 2.75) is 32.5 Å². The molecule has 0 bridgehead atoms. The number of ether oxygens (including phenoxy) is 5. The molecule has 2 rings (SSSR count). The second-order valence-corrected chi connectivity index (χ2v) is 8.75. The van der Waals surface area contributed by atoms with Crippen molar-refractivity contribution in [1.82, 2.24) is 0 Å². The number of anilines is 2. The van der Waals surface area contributed by atoms with Gasteiger partial charge in [-0.2, -0.15) is 13.2 Å². The Hall–Kier alpha value is -3.15. The molecule has 0 aliphatic heterocycles. The third-order valence-electron chi connectivity index (χ3n) is 4.46. The van der Waals surface area contributed by atoms with Crippen LogP contribution in [0.3, 0.4) is 0 Å². The second kappa shape index (κ2) is 14.6. The summed E-state index contributed by atoms with van der Waals surface area (Å²) in [5, 5.41) is 2.84. The average molecular weight is 528 g/mol. The molecular weight excluding hydrogens is 495 g/mol. The van der Waals surface area contributed by atoms with Crippen molar-refractivity contribution >= 4 is 23.3 Å². The lowest BCUT2D eigenvalue weighted by molar-refractivity contribution is -0.160. The van der Waals surface area contributed by atoms with Gasteiger partial charge in [0.25, 0.3) is 0 Å². The molecule has 0 fully saturated rings. The van der Waals surface area contributed by atoms with Crippen molar-refractivity contribution < 1.29 is 46.4 Å². The number of carbonyl (C=O) groups excluding carboxylic acids is 2. The molecule has 0 aliphatic carbocycles. The Kier molecular flexibility index (Phi) is 11.8. The van der Waals surface area contributed by atoms with Gasteiger partial charge >= 0.3 is 18.1 Å². The highest BCUT2D eigenvalue weighted by Gasteiger charge is 2.30. The van der Waals surface area contributed by atoms with E-state index in [4.69, 9.17) is 23.7 Å². The summed E-state index contributed by atoms with van der Waals surface area (Å²) in [6.07, 6.45) is -4.48. The van der Waals surface area contributed by atoms with Crippen molar-refractivity contribution in [3.05, 3.63) is 59.7 Å². The van der Waals surface area contributed by atoms with Crippen LogP contribution >= 0.6 is 0 Å². The number of hydrogen-bond acceptors (Lipinski definition) is 8. The third kappa shape index (κ3) is 12.1. The number of esters is 2. The normalized spacial score (nSPS) is 11.7. The minimum Gasteiger partial charge on any atom is -0.460 e. The van der Waals surface area contributed by atoms with E-state index in [9.17, 15) is 22.8 Å². The van der Waals surface area contributed by atoms with Gasteiger partial charge < -0.3 is 29.0 Å². The molecule has 0 heterocycles. The Morgan fingerprint density at radius 2 is 1.43 bits per heavy atom. The maximum atomic E-state index is 13.0. The molecule has 0 saturated carbocycles. The summed E-state index contributed by atoms with van der Waals surface area (Å²) in [6.45, 7) is 6.33. The molecule has 0 amide bonds. The second-order valence-electron chi connectivity index (χ2n) is 8.75. The van der Waals surface area contributed by atoms with E-state index in [1.807, 2.05) is 0 Å². The van der Waals surface area contributed by atoms with Gasteiger partial charge in [0.15, 0.2) is 0 Å². The standard InChI is InChI=1S/C26H32F3NO7/c1-25(2,3)37-23(31)18-35-14-13-33-11-12-34-15-16-36-24(32)21-9-4-5-10-22(21)30-20-8-6-7-19(17-20)26(27,28)29/h4-10,17,30H,11-16,18H2,1-3H3. The predicted octanol–water partition coefficient (Wildman–Crippen LogP) is 5.00. The van der Waals surface area contributed by atoms with Crippen molar-refractivity contribution in [3.63, 3.8) is 0 Å². The fourth-order valence-electron chi connectivity index (χ4n) is 2.94. The zero-order valence-corrected chi connectivity index (χ0v) is 21.1. The fraction of sp³-hybridized carbons (Fsp3) is 0.462. The Morgan fingerprint density at radius 1 is 0.811 bits per heavy atom. The van der Waals surface area contributed by atoms with Gasteiger partial charge in [0.05, 0.1) is 49.8 Å². The van der Waals surface area contributed by atoms with E-state index in [1.54, 1.807) is 39.0 Å². The molecule has 1 N–H and O–H groups in total. The Labute approximate surface area is 214 Å². The Bertz CT molecular complexity index is 1010. The zero-order valence-electron chi connectivity index (χ0n) is 21.1. The van der Waals surface area contributed by atoms with E-state index < -0.39 is 29.3 Å². The fourth-order valence-corrected chi connectivity index (χ4v) is 2.94. The minimum absolute atomic E-state index is 0.0181. The topological polar surface area (TPSA) is 92.3 Å². The molecule has 0 aliphatic rings. The van der Waals surface area contributed by atoms with Crippen LogP contribution in [0.1, 0.15) is 36.7 Å². The molecule has 0 saturated heterocycles. The highest BCUT2D eigenvalue weighted by Crippen LogP contribution is 2.32. The number of halogens is 3. The SMILES string of the molecule is CC(C)(C)OC(=O)COCCOCCOCCOC(=O)c1ccccc1Nc1cccc(C(F)(F)F)c1. The first-order valence-electron chi connectivity index (χ1n) is 11.6. The molecule has 0 radical (unpaired) electrons. The first kappa shape index (κ1) is 30.1. The summed E-state index contributed by atoms with van der Waals surface area (Å²) in [6, 6.07) is 11.0. The maximum Gasteiger partial charge on any atom is 0.416 e. The van der Waals surface area contributed by atoms with Crippen LogP contribution in [0.4, 0.5) is 24.5 Å². The summed E-state index contributed by atoms with van der Waals surface area (Å²) < 4.78 is 65.1. The van der Waals surface area contributed by atoms with Crippen LogP contribution in [0.25, 0.3) is 0 Å². The highest BCUT2D eigenvalue weighted by atomic mass is 19.4. The summed E-state index contributed by atoms with van der Waals surface area (Å²) in [5.41, 5.74) is -0.680. The van der Waals surface area contributed by atoms with Crippen molar-refractivity contribution in [3.8, 4) is 0 Å². The molecule has 0 atom stereocenters. The quantitative estimate of drug-likeness (QED) is 0.271. The molecule has 8 nitrogen and oxygen atoms in total. The molecule has 0 spiro atoms. The first-order valence-corrected chi connectivity index (χ1v) is 11.6. The van der Waals surface area contributed by atoms with Gasteiger partial charge in [0.1, 0.15) is 18.8 Å². The zero-order chi connectivity index (χ0) is 27.3. The van der Waals surface area contributed by atoms with Crippen LogP contribution in [-0.4, -0.2) is 63.8 Å². The monoisotopic (exact) mass is 527 g/mol. The van der Waals surface area contributed by atoms with E-state index >= 15 is 0 Å². The molecule has 11 heteroatoms. The van der Waals surface area contributed by atoms with Gasteiger partial charge in [0, 0.05) is 5.69 Å². The summed E-state index contributed by atoms with van der Waals surface area (Å²) in [7, 11) is 0. The van der Waals surface area contributed by atoms with Crippen LogP contribution in [0.15, 0.2) is 48.5 Å². The van der Waals surface area contributed by atoms with Gasteiger partial charge in [-0.25, -0.2) is 9.59 Å². The van der Waals surface area contributed by atoms with E-state index in [1.165, 1.54) is 18.2 Å². The van der Waals surface area contributed by atoms with E-state index in [-0.39, 0.29) is 57.5 Å². The molecular formula is C26H32F3NO7. The van der Waals surface area contributed by atoms with Crippen LogP contribution in [0.5, 0.6) is 0 Å². The van der Waals surface area contributed by atoms with Crippen LogP contribution in [-0.2, 0) is 34.7 Å². The largest absolute Gasteiger partial charge is 0.460 e. The van der Waals surface area contributed by atoms with Crippen molar-refractivity contribution in [1.29, 1.82) is 0 Å². The maximum absolute atomic E-state index is 13.0. The van der Waals surface area contributed by atoms with Crippen LogP contribution in [0.2, 0.25) is 0 Å². The van der Waals surface area contributed by atoms with E-state index in [2.05, 4.69) is 5.32 Å². The minimum atomic E-state index is -4.48. The highest BCUT2D eigenvalue weighted by molar-refractivity contribution is 5.96. The van der Waals surface area contributed by atoms with Crippen LogP contribution < -0.4 is 5.32 Å². The first-order chi connectivity index (χ1) is 17.5. The molecule has 204 valence electrons. The number of para-hydroxylation sites is 1. The number of benzene rings is 2. The molecule has 0 aromatic heterocycles. The van der Waals surface area contributed by atoms with Gasteiger partial charge in [-0.3, -0.25) is 0 Å². The number of alkyl halides is 3. The Morgan fingerprint density at radius 3 is 2.08 bits per heavy atom. The molecule has 37 heavy (non-hydrogen) atoms. The van der Waals surface area contributed by atoms with Gasteiger partial charge in [-0.05, 0) is 51.1 Å². The lowest BCUT2D eigenvalue weighted by Gasteiger charge is -2.19. The van der Waals surface area contributed by atoms with Gasteiger partial charge in [0.2, 0.25) is 0 Å². The number of carbonyl (C=O) groups is 2. The van der Waals surface area contributed by atoms with Crippen LogP contribution in [0, 0.1) is 0 Å². The van der Waals surface area contributed by atoms with Crippen molar-refractivity contribution in [2.24, 2.45) is 0 Å². The molecule has 2 aromatic rings. The van der Waals surface area contributed by atoms with E-state index in [0.717, 1.165) is 12.1 Å². The van der Waals surface area contributed by atoms with Gasteiger partial charge in [-0.1, -0.05) is 18.2 Å². The number of nitrogens with one attached hydrogen (secondary N) is 1. The summed E-state index contributed by atoms with van der Waals surface area (Å²) in [4.78, 5) is 24.0. The lowest BCUT2D eigenvalue weighted by atomic mass is 10.1. The third-order valence-corrected chi connectivity index (χ3v) is 4.46. The van der Waals surface area contributed by atoms with E-state index in [0.29, 0.717) is 5.69 Å². The molecule has 2 aromatic carbocycles. The Balaban J connectivity index is 1.64. The number of hydrogen-bond donors (Lipinski definition) is 1. The smallest absolute Gasteiger partial charge is 0.416 e. The summed E-state index contributed by atoms with van der Waals surface area (Å²) in [5.74, 6) is -1.09. The summed E-state index contributed by atoms with van der Waals surface area (Å²) >= 11 is 0. The predicted molar refractivity (Wildman–Crippen MR) is 130 cm³/mol. The lowest BCUT2D eigenvalue weighted by Crippen LogP contribution is -2.27. The average Bonchev–Trinajstić information content (AvgIpc) is 2.81. The van der Waals surface area contributed by atoms with Gasteiger partial charge in [-0.15, -0.1) is 0 Å². The molecule has 0 unspecified atom stereocenters. The van der Waals surface area contributed by atoms with Crippen molar-refractivity contribution in [2.75, 3.05) is 51.6 Å². The number of rotatable bonds is 14.